The molecule has 2 aliphatic heterocycles. The average Bonchev–Trinajstić information content (AvgIpc) is 3.10. The average molecular weight is 466 g/mol. The molecule has 0 bridgehead atoms. The summed E-state index contributed by atoms with van der Waals surface area (Å²) in [6, 6.07) is 23.4. The molecule has 1 saturated heterocycles. The molecule has 5 nitrogen and oxygen atoms in total. The van der Waals surface area contributed by atoms with Crippen LogP contribution in [0.4, 0.5) is 17.1 Å². The van der Waals surface area contributed by atoms with Gasteiger partial charge in [-0.2, -0.15) is 0 Å². The number of imide groups is 1. The van der Waals surface area contributed by atoms with E-state index in [0.717, 1.165) is 41.4 Å². The van der Waals surface area contributed by atoms with E-state index in [0.29, 0.717) is 17.0 Å². The van der Waals surface area contributed by atoms with Crippen LogP contribution in [0.5, 0.6) is 0 Å². The number of carbonyl (C=O) groups is 2. The number of amides is 2. The molecule has 0 aromatic heterocycles. The number of nitrogens with zero attached hydrogens (tertiary/aromatic N) is 2. The molecule has 3 aromatic rings. The minimum Gasteiger partial charge on any atom is -0.372 e. The number of hydrogen-bond donors (Lipinski definition) is 1. The van der Waals surface area contributed by atoms with Crippen molar-refractivity contribution in [2.45, 2.75) is 33.6 Å². The van der Waals surface area contributed by atoms with E-state index >= 15 is 0 Å². The molecule has 0 spiro atoms. The first-order valence-electron chi connectivity index (χ1n) is 12.3. The number of piperidine rings is 1. The van der Waals surface area contributed by atoms with E-state index in [4.69, 9.17) is 0 Å². The fourth-order valence-corrected chi connectivity index (χ4v) is 4.83. The third-order valence-electron chi connectivity index (χ3n) is 7.07. The van der Waals surface area contributed by atoms with Gasteiger partial charge in [-0.1, -0.05) is 55.0 Å². The lowest BCUT2D eigenvalue weighted by Gasteiger charge is -2.32. The standard InChI is InChI=1S/C30H31N3O2/c1-20-8-10-23(11-9-20)27-28(30(35)33(29(27)34)26-7-5-4-6-22(26)3)31-24-12-14-25(15-13-24)32-18-16-21(2)17-19-32/h4-15,21,31H,16-19H2,1-3H3. The van der Waals surface area contributed by atoms with Crippen LogP contribution >= 0.6 is 0 Å². The van der Waals surface area contributed by atoms with Crippen LogP contribution in [-0.4, -0.2) is 24.9 Å². The molecule has 0 aliphatic carbocycles. The summed E-state index contributed by atoms with van der Waals surface area (Å²) >= 11 is 0. The van der Waals surface area contributed by atoms with Crippen molar-refractivity contribution >= 4 is 34.4 Å². The first-order valence-corrected chi connectivity index (χ1v) is 12.3. The lowest BCUT2D eigenvalue weighted by atomic mass is 9.99. The summed E-state index contributed by atoms with van der Waals surface area (Å²) in [7, 11) is 0. The van der Waals surface area contributed by atoms with Gasteiger partial charge in [0.1, 0.15) is 5.70 Å². The van der Waals surface area contributed by atoms with Crippen molar-refractivity contribution in [2.75, 3.05) is 28.2 Å². The maximum atomic E-state index is 13.6. The smallest absolute Gasteiger partial charge is 0.282 e. The number of aryl methyl sites for hydroxylation is 2. The Hall–Kier alpha value is -3.86. The predicted molar refractivity (Wildman–Crippen MR) is 142 cm³/mol. The summed E-state index contributed by atoms with van der Waals surface area (Å²) in [6.45, 7) is 8.35. The van der Waals surface area contributed by atoms with E-state index < -0.39 is 0 Å². The molecule has 5 heteroatoms. The number of carbonyl (C=O) groups excluding carboxylic acids is 2. The van der Waals surface area contributed by atoms with Crippen molar-refractivity contribution in [3.8, 4) is 0 Å². The van der Waals surface area contributed by atoms with Gasteiger partial charge >= 0.3 is 0 Å². The molecule has 0 saturated carbocycles. The summed E-state index contributed by atoms with van der Waals surface area (Å²) in [5.74, 6) is 0.130. The van der Waals surface area contributed by atoms with Crippen molar-refractivity contribution in [3.63, 3.8) is 0 Å². The fraction of sp³-hybridized carbons (Fsp3) is 0.267. The van der Waals surface area contributed by atoms with Gasteiger partial charge in [0.15, 0.2) is 0 Å². The minimum absolute atomic E-state index is 0.307. The number of para-hydroxylation sites is 1. The van der Waals surface area contributed by atoms with Crippen LogP contribution in [0, 0.1) is 19.8 Å². The third kappa shape index (κ3) is 4.46. The van der Waals surface area contributed by atoms with Gasteiger partial charge in [-0.05, 0) is 74.1 Å². The Morgan fingerprint density at radius 2 is 1.46 bits per heavy atom. The molecule has 35 heavy (non-hydrogen) atoms. The van der Waals surface area contributed by atoms with Gasteiger partial charge in [-0.25, -0.2) is 4.90 Å². The number of anilines is 3. The zero-order valence-corrected chi connectivity index (χ0v) is 20.5. The predicted octanol–water partition coefficient (Wildman–Crippen LogP) is 5.94. The highest BCUT2D eigenvalue weighted by molar-refractivity contribution is 6.46. The summed E-state index contributed by atoms with van der Waals surface area (Å²) in [5, 5.41) is 3.29. The van der Waals surface area contributed by atoms with Crippen LogP contribution in [0.2, 0.25) is 0 Å². The van der Waals surface area contributed by atoms with Crippen LogP contribution in [0.1, 0.15) is 36.5 Å². The molecule has 0 atom stereocenters. The Labute approximate surface area is 207 Å². The summed E-state index contributed by atoms with van der Waals surface area (Å²) in [6.07, 6.45) is 2.41. The monoisotopic (exact) mass is 465 g/mol. The second-order valence-corrected chi connectivity index (χ2v) is 9.69. The van der Waals surface area contributed by atoms with Crippen LogP contribution < -0.4 is 15.1 Å². The molecule has 1 fully saturated rings. The van der Waals surface area contributed by atoms with Crippen LogP contribution in [0.25, 0.3) is 5.57 Å². The van der Waals surface area contributed by atoms with Crippen LogP contribution in [-0.2, 0) is 9.59 Å². The molecular formula is C30H31N3O2. The fourth-order valence-electron chi connectivity index (χ4n) is 4.83. The maximum absolute atomic E-state index is 13.6. The van der Waals surface area contributed by atoms with Gasteiger partial charge in [0, 0.05) is 24.5 Å². The van der Waals surface area contributed by atoms with Crippen molar-refractivity contribution in [3.05, 3.63) is 95.2 Å². The summed E-state index contributed by atoms with van der Waals surface area (Å²) in [4.78, 5) is 31.0. The molecule has 1 N–H and O–H groups in total. The minimum atomic E-state index is -0.339. The van der Waals surface area contributed by atoms with Gasteiger partial charge in [-0.3, -0.25) is 9.59 Å². The number of rotatable bonds is 5. The lowest BCUT2D eigenvalue weighted by Crippen LogP contribution is -2.33. The Kier molecular flexibility index (Phi) is 6.16. The second kappa shape index (κ2) is 9.41. The van der Waals surface area contributed by atoms with Gasteiger partial charge in [0.25, 0.3) is 11.8 Å². The number of benzene rings is 3. The van der Waals surface area contributed by atoms with Crippen LogP contribution in [0.3, 0.4) is 0 Å². The molecular weight excluding hydrogens is 434 g/mol. The van der Waals surface area contributed by atoms with Crippen molar-refractivity contribution in [2.24, 2.45) is 5.92 Å². The maximum Gasteiger partial charge on any atom is 0.282 e. The SMILES string of the molecule is Cc1ccc(C2=C(Nc3ccc(N4CCC(C)CC4)cc3)C(=O)N(c3ccccc3C)C2=O)cc1. The lowest BCUT2D eigenvalue weighted by molar-refractivity contribution is -0.120. The first kappa shape index (κ1) is 22.9. The molecule has 2 heterocycles. The van der Waals surface area contributed by atoms with Gasteiger partial charge in [0.05, 0.1) is 11.3 Å². The molecule has 0 radical (unpaired) electrons. The van der Waals surface area contributed by atoms with Crippen LogP contribution in [0.15, 0.2) is 78.5 Å². The highest BCUT2D eigenvalue weighted by atomic mass is 16.2. The third-order valence-corrected chi connectivity index (χ3v) is 7.07. The van der Waals surface area contributed by atoms with Gasteiger partial charge in [-0.15, -0.1) is 0 Å². The van der Waals surface area contributed by atoms with Crippen molar-refractivity contribution < 1.29 is 9.59 Å². The highest BCUT2D eigenvalue weighted by Crippen LogP contribution is 2.35. The van der Waals surface area contributed by atoms with Crippen molar-refractivity contribution in [1.29, 1.82) is 0 Å². The van der Waals surface area contributed by atoms with Crippen molar-refractivity contribution in [1.82, 2.24) is 0 Å². The van der Waals surface area contributed by atoms with E-state index in [-0.39, 0.29) is 11.8 Å². The molecule has 0 unspecified atom stereocenters. The molecule has 3 aromatic carbocycles. The Morgan fingerprint density at radius 1 is 0.800 bits per heavy atom. The highest BCUT2D eigenvalue weighted by Gasteiger charge is 2.40. The number of nitrogens with one attached hydrogen (secondary N) is 1. The summed E-state index contributed by atoms with van der Waals surface area (Å²) in [5.41, 5.74) is 5.98. The van der Waals surface area contributed by atoms with Gasteiger partial charge in [0.2, 0.25) is 0 Å². The molecule has 178 valence electrons. The van der Waals surface area contributed by atoms with E-state index in [9.17, 15) is 9.59 Å². The van der Waals surface area contributed by atoms with E-state index in [1.807, 2.05) is 74.5 Å². The molecule has 2 aliphatic rings. The van der Waals surface area contributed by atoms with E-state index in [1.165, 1.54) is 23.4 Å². The normalized spacial score (nSPS) is 16.9. The zero-order chi connectivity index (χ0) is 24.5. The molecule has 2 amide bonds. The Bertz CT molecular complexity index is 1280. The van der Waals surface area contributed by atoms with E-state index in [1.54, 1.807) is 0 Å². The molecule has 5 rings (SSSR count). The van der Waals surface area contributed by atoms with E-state index in [2.05, 4.69) is 29.3 Å². The Morgan fingerprint density at radius 3 is 2.11 bits per heavy atom. The Balaban J connectivity index is 1.48. The van der Waals surface area contributed by atoms with Gasteiger partial charge < -0.3 is 10.2 Å². The quantitative estimate of drug-likeness (QED) is 0.474. The largest absolute Gasteiger partial charge is 0.372 e. The number of hydrogen-bond acceptors (Lipinski definition) is 4. The second-order valence-electron chi connectivity index (χ2n) is 9.69. The first-order chi connectivity index (χ1) is 16.9. The topological polar surface area (TPSA) is 52.7 Å². The zero-order valence-electron chi connectivity index (χ0n) is 20.5. The summed E-state index contributed by atoms with van der Waals surface area (Å²) < 4.78 is 0.